The Morgan fingerprint density at radius 1 is 1.24 bits per heavy atom. The van der Waals surface area contributed by atoms with Crippen LogP contribution < -0.4 is 4.74 Å². The van der Waals surface area contributed by atoms with Crippen LogP contribution in [0.1, 0.15) is 25.5 Å². The van der Waals surface area contributed by atoms with Crippen LogP contribution in [0.2, 0.25) is 0 Å². The molecule has 112 valence electrons. The molecular weight excluding hydrogens is 276 g/mol. The molecule has 1 rings (SSSR count). The van der Waals surface area contributed by atoms with Crippen molar-refractivity contribution in [2.45, 2.75) is 20.0 Å². The standard InChI is InChI=1S/C14H16N2O5/c1-4-20-13(17)12(16-15)14(18)21-9(2)10-5-7-11(19-3)8-6-10/h5-9H,4H2,1-3H3. The highest BCUT2D eigenvalue weighted by Crippen LogP contribution is 2.20. The summed E-state index contributed by atoms with van der Waals surface area (Å²) in [6, 6.07) is 6.87. The highest BCUT2D eigenvalue weighted by atomic mass is 16.6. The first-order valence-corrected chi connectivity index (χ1v) is 6.27. The molecule has 0 aromatic heterocycles. The molecule has 0 aliphatic carbocycles. The first-order valence-electron chi connectivity index (χ1n) is 6.27. The van der Waals surface area contributed by atoms with E-state index in [0.29, 0.717) is 11.3 Å². The number of hydrogen-bond acceptors (Lipinski definition) is 5. The van der Waals surface area contributed by atoms with Gasteiger partial charge in [-0.1, -0.05) is 12.1 Å². The fourth-order valence-electron chi connectivity index (χ4n) is 1.52. The Bertz CT molecular complexity index is 561. The Morgan fingerprint density at radius 2 is 1.86 bits per heavy atom. The van der Waals surface area contributed by atoms with Gasteiger partial charge in [-0.25, -0.2) is 9.59 Å². The van der Waals surface area contributed by atoms with Gasteiger partial charge in [-0.05, 0) is 31.5 Å². The minimum Gasteiger partial charge on any atom is -0.497 e. The highest BCUT2D eigenvalue weighted by Gasteiger charge is 2.34. The van der Waals surface area contributed by atoms with E-state index in [2.05, 4.69) is 9.53 Å². The normalized spacial score (nSPS) is 11.0. The molecule has 7 heteroatoms. The Hall–Kier alpha value is -2.66. The molecular formula is C14H16N2O5. The number of carbonyl (C=O) groups excluding carboxylic acids is 2. The van der Waals surface area contributed by atoms with Crippen LogP contribution in [0.25, 0.3) is 5.53 Å². The van der Waals surface area contributed by atoms with Crippen LogP contribution in [0.3, 0.4) is 0 Å². The second-order valence-electron chi connectivity index (χ2n) is 3.99. The van der Waals surface area contributed by atoms with Gasteiger partial charge in [0.05, 0.1) is 13.7 Å². The Kier molecular flexibility index (Phi) is 6.10. The zero-order valence-electron chi connectivity index (χ0n) is 12.0. The van der Waals surface area contributed by atoms with Gasteiger partial charge in [-0.3, -0.25) is 0 Å². The summed E-state index contributed by atoms with van der Waals surface area (Å²) >= 11 is 0. The van der Waals surface area contributed by atoms with Crippen molar-refractivity contribution in [2.24, 2.45) is 0 Å². The molecule has 0 bridgehead atoms. The van der Waals surface area contributed by atoms with Gasteiger partial charge in [-0.2, -0.15) is 4.79 Å². The van der Waals surface area contributed by atoms with Crippen molar-refractivity contribution in [1.82, 2.24) is 0 Å². The van der Waals surface area contributed by atoms with E-state index in [4.69, 9.17) is 15.0 Å². The summed E-state index contributed by atoms with van der Waals surface area (Å²) in [7, 11) is 1.54. The number of methoxy groups -OCH3 is 1. The lowest BCUT2D eigenvalue weighted by molar-refractivity contribution is -0.151. The summed E-state index contributed by atoms with van der Waals surface area (Å²) in [4.78, 5) is 25.8. The highest BCUT2D eigenvalue weighted by molar-refractivity contribution is 6.60. The summed E-state index contributed by atoms with van der Waals surface area (Å²) in [5.41, 5.74) is 8.62. The second-order valence-corrected chi connectivity index (χ2v) is 3.99. The van der Waals surface area contributed by atoms with E-state index in [1.807, 2.05) is 0 Å². The van der Waals surface area contributed by atoms with Gasteiger partial charge in [0, 0.05) is 0 Å². The van der Waals surface area contributed by atoms with E-state index in [9.17, 15) is 9.59 Å². The second kappa shape index (κ2) is 7.81. The predicted molar refractivity (Wildman–Crippen MR) is 72.8 cm³/mol. The number of rotatable bonds is 6. The number of carbonyl (C=O) groups is 2. The molecule has 1 aromatic carbocycles. The zero-order valence-corrected chi connectivity index (χ0v) is 12.0. The molecule has 1 unspecified atom stereocenters. The molecule has 0 heterocycles. The maximum absolute atomic E-state index is 11.8. The number of nitrogens with zero attached hydrogens (tertiary/aromatic N) is 2. The summed E-state index contributed by atoms with van der Waals surface area (Å²) in [5, 5.41) is 0. The van der Waals surface area contributed by atoms with E-state index < -0.39 is 23.8 Å². The molecule has 0 saturated heterocycles. The minimum absolute atomic E-state index is 0.0547. The van der Waals surface area contributed by atoms with E-state index in [1.54, 1.807) is 45.2 Å². The van der Waals surface area contributed by atoms with Gasteiger partial charge in [-0.15, -0.1) is 0 Å². The topological polar surface area (TPSA) is 98.2 Å². The van der Waals surface area contributed by atoms with Gasteiger partial charge >= 0.3 is 17.7 Å². The molecule has 0 radical (unpaired) electrons. The van der Waals surface area contributed by atoms with Crippen LogP contribution in [0.15, 0.2) is 24.3 Å². The SMILES string of the molecule is CCOC(=O)C(=[N+]=[N-])C(=O)OC(C)c1ccc(OC)cc1. The van der Waals surface area contributed by atoms with Crippen LogP contribution in [0.5, 0.6) is 5.75 Å². The number of hydrogen-bond donors (Lipinski definition) is 0. The van der Waals surface area contributed by atoms with E-state index in [1.165, 1.54) is 0 Å². The Morgan fingerprint density at radius 3 is 2.33 bits per heavy atom. The van der Waals surface area contributed by atoms with Crippen LogP contribution >= 0.6 is 0 Å². The molecule has 0 N–H and O–H groups in total. The average molecular weight is 292 g/mol. The molecule has 21 heavy (non-hydrogen) atoms. The average Bonchev–Trinajstić information content (AvgIpc) is 2.48. The van der Waals surface area contributed by atoms with Crippen LogP contribution in [-0.2, 0) is 19.1 Å². The van der Waals surface area contributed by atoms with Crippen LogP contribution in [0.4, 0.5) is 0 Å². The van der Waals surface area contributed by atoms with Crippen molar-refractivity contribution >= 4 is 17.7 Å². The summed E-state index contributed by atoms with van der Waals surface area (Å²) in [6.07, 6.45) is -0.630. The van der Waals surface area contributed by atoms with Gasteiger partial charge in [0.15, 0.2) is 0 Å². The molecule has 7 nitrogen and oxygen atoms in total. The molecule has 1 atom stereocenters. The lowest BCUT2D eigenvalue weighted by Gasteiger charge is -2.12. The zero-order chi connectivity index (χ0) is 15.8. The lowest BCUT2D eigenvalue weighted by atomic mass is 10.1. The third kappa shape index (κ3) is 4.43. The fraction of sp³-hybridized carbons (Fsp3) is 0.357. The van der Waals surface area contributed by atoms with Crippen molar-refractivity contribution in [3.05, 3.63) is 35.4 Å². The van der Waals surface area contributed by atoms with Gasteiger partial charge in [0.25, 0.3) is 0 Å². The van der Waals surface area contributed by atoms with E-state index in [-0.39, 0.29) is 6.61 Å². The third-order valence-electron chi connectivity index (χ3n) is 2.63. The first kappa shape index (κ1) is 16.4. The van der Waals surface area contributed by atoms with E-state index >= 15 is 0 Å². The molecule has 0 aliphatic heterocycles. The minimum atomic E-state index is -1.06. The van der Waals surface area contributed by atoms with Crippen molar-refractivity contribution < 1.29 is 28.6 Å². The van der Waals surface area contributed by atoms with E-state index in [0.717, 1.165) is 0 Å². The summed E-state index contributed by atoms with van der Waals surface area (Å²) in [6.45, 7) is 3.25. The quantitative estimate of drug-likeness (QED) is 0.260. The smallest absolute Gasteiger partial charge is 0.482 e. The maximum atomic E-state index is 11.8. The number of ether oxygens (including phenoxy) is 3. The predicted octanol–water partition coefficient (Wildman–Crippen LogP) is 1.53. The lowest BCUT2D eigenvalue weighted by Crippen LogP contribution is -2.30. The fourth-order valence-corrected chi connectivity index (χ4v) is 1.52. The van der Waals surface area contributed by atoms with Crippen molar-refractivity contribution in [2.75, 3.05) is 13.7 Å². The van der Waals surface area contributed by atoms with Gasteiger partial charge in [0.1, 0.15) is 11.9 Å². The number of esters is 2. The maximum Gasteiger partial charge on any atom is 0.482 e. The van der Waals surface area contributed by atoms with Gasteiger partial charge in [0.2, 0.25) is 0 Å². The molecule has 0 amide bonds. The van der Waals surface area contributed by atoms with Crippen LogP contribution in [-0.4, -0.2) is 36.2 Å². The summed E-state index contributed by atoms with van der Waals surface area (Å²) < 4.78 is 14.7. The Labute approximate surface area is 122 Å². The molecule has 0 fully saturated rings. The largest absolute Gasteiger partial charge is 0.497 e. The summed E-state index contributed by atoms with van der Waals surface area (Å²) in [5.74, 6) is -1.42. The Balaban J connectivity index is 2.76. The van der Waals surface area contributed by atoms with Crippen LogP contribution in [0, 0.1) is 0 Å². The molecule has 1 aromatic rings. The molecule has 0 aliphatic rings. The van der Waals surface area contributed by atoms with Crippen molar-refractivity contribution in [3.8, 4) is 5.75 Å². The molecule has 0 spiro atoms. The third-order valence-corrected chi connectivity index (χ3v) is 2.63. The first-order chi connectivity index (χ1) is 10.0. The van der Waals surface area contributed by atoms with Gasteiger partial charge < -0.3 is 19.7 Å². The van der Waals surface area contributed by atoms with Crippen molar-refractivity contribution in [1.29, 1.82) is 0 Å². The number of benzene rings is 1. The molecule has 0 saturated carbocycles. The van der Waals surface area contributed by atoms with Crippen molar-refractivity contribution in [3.63, 3.8) is 0 Å². The monoisotopic (exact) mass is 292 g/mol.